The van der Waals surface area contributed by atoms with Crippen molar-refractivity contribution in [3.8, 4) is 0 Å². The van der Waals surface area contributed by atoms with E-state index >= 15 is 4.79 Å². The van der Waals surface area contributed by atoms with Gasteiger partial charge in [0.25, 0.3) is 0 Å². The smallest absolute Gasteiger partial charge is 0.248 e. The van der Waals surface area contributed by atoms with Crippen molar-refractivity contribution in [1.82, 2.24) is 14.7 Å². The van der Waals surface area contributed by atoms with E-state index in [4.69, 9.17) is 4.74 Å². The van der Waals surface area contributed by atoms with Crippen LogP contribution >= 0.6 is 0 Å². The lowest BCUT2D eigenvalue weighted by atomic mass is 9.62. The summed E-state index contributed by atoms with van der Waals surface area (Å²) < 4.78 is 7.05. The van der Waals surface area contributed by atoms with Gasteiger partial charge in [-0.2, -0.15) is 0 Å². The van der Waals surface area contributed by atoms with Gasteiger partial charge in [0.2, 0.25) is 17.7 Å². The standard InChI is InChI=1S/C37H53N3O5/c1-7-19-38(23-27-15-11-9-12-16-27)33(42)30-31-34(43)40(29(24-41)21-25(3)4)32(37(31)22-26(5)36(30,6)45-37)35(44)39(20-8-2)28-17-13-10-14-18-28/h7-9,11-12,15-16,25-26,28-32,41H,1-2,10,13-14,17-24H2,3-6H3/t26?,29-,30+,31+,32?,36-,37?/m1/s1. The van der Waals surface area contributed by atoms with Crippen molar-refractivity contribution < 1.29 is 24.2 Å². The number of aliphatic hydroxyl groups is 1. The largest absolute Gasteiger partial charge is 0.394 e. The zero-order valence-electron chi connectivity index (χ0n) is 27.7. The summed E-state index contributed by atoms with van der Waals surface area (Å²) in [5, 5.41) is 10.7. The summed E-state index contributed by atoms with van der Waals surface area (Å²) in [7, 11) is 0. The number of carbonyl (C=O) groups is 3. The van der Waals surface area contributed by atoms with E-state index in [2.05, 4.69) is 33.9 Å². The minimum Gasteiger partial charge on any atom is -0.394 e. The molecule has 45 heavy (non-hydrogen) atoms. The fourth-order valence-corrected chi connectivity index (χ4v) is 9.04. The Morgan fingerprint density at radius 1 is 1.09 bits per heavy atom. The molecular weight excluding hydrogens is 566 g/mol. The molecule has 2 bridgehead atoms. The predicted octanol–water partition coefficient (Wildman–Crippen LogP) is 4.97. The molecular formula is C37H53N3O5. The van der Waals surface area contributed by atoms with E-state index in [0.717, 1.165) is 37.7 Å². The summed E-state index contributed by atoms with van der Waals surface area (Å²) in [6.45, 7) is 16.9. The van der Waals surface area contributed by atoms with Gasteiger partial charge in [-0.05, 0) is 50.0 Å². The third kappa shape index (κ3) is 5.78. The molecule has 5 rings (SSSR count). The molecule has 3 amide bonds. The Hall–Kier alpha value is -2.97. The van der Waals surface area contributed by atoms with Gasteiger partial charge in [0.05, 0.1) is 30.1 Å². The molecule has 0 radical (unpaired) electrons. The van der Waals surface area contributed by atoms with Crippen molar-refractivity contribution in [2.24, 2.45) is 23.7 Å². The van der Waals surface area contributed by atoms with Crippen LogP contribution in [0.4, 0.5) is 0 Å². The number of rotatable bonds is 13. The number of ether oxygens (including phenoxy) is 1. The van der Waals surface area contributed by atoms with Crippen LogP contribution in [-0.2, 0) is 25.7 Å². The summed E-state index contributed by atoms with van der Waals surface area (Å²) in [5.74, 6) is -2.00. The van der Waals surface area contributed by atoms with Crippen LogP contribution in [0.15, 0.2) is 55.6 Å². The van der Waals surface area contributed by atoms with E-state index in [1.54, 1.807) is 22.0 Å². The minimum absolute atomic E-state index is 0.0618. The molecule has 4 aliphatic rings. The molecule has 4 fully saturated rings. The predicted molar refractivity (Wildman–Crippen MR) is 175 cm³/mol. The van der Waals surface area contributed by atoms with Gasteiger partial charge in [0.15, 0.2) is 0 Å². The highest BCUT2D eigenvalue weighted by Crippen LogP contribution is 2.66. The highest BCUT2D eigenvalue weighted by atomic mass is 16.5. The van der Waals surface area contributed by atoms with Gasteiger partial charge in [-0.3, -0.25) is 14.4 Å². The number of hydrogen-bond donors (Lipinski definition) is 1. The molecule has 7 atom stereocenters. The first kappa shape index (κ1) is 33.4. The number of fused-ring (bicyclic) bond motifs is 1. The number of benzene rings is 1. The van der Waals surface area contributed by atoms with Crippen LogP contribution in [0.25, 0.3) is 0 Å². The molecule has 1 aromatic rings. The minimum atomic E-state index is -1.16. The Kier molecular flexibility index (Phi) is 9.95. The molecule has 1 aliphatic carbocycles. The normalized spacial score (nSPS) is 31.6. The second kappa shape index (κ2) is 13.4. The SMILES string of the molecule is C=CCN(Cc1ccccc1)C(=O)[C@@H]1[C@H]2C(=O)N([C@@H](CO)CC(C)C)C(C(=O)N(CC=C)C3CCCCC3)C23CC(C)[C@@]1(C)O3. The lowest BCUT2D eigenvalue weighted by Crippen LogP contribution is -2.60. The third-order valence-electron chi connectivity index (χ3n) is 11.1. The summed E-state index contributed by atoms with van der Waals surface area (Å²) in [5.41, 5.74) is -1.09. The topological polar surface area (TPSA) is 90.4 Å². The van der Waals surface area contributed by atoms with Gasteiger partial charge in [-0.25, -0.2) is 0 Å². The number of amides is 3. The van der Waals surface area contributed by atoms with Crippen LogP contribution in [0.3, 0.4) is 0 Å². The molecule has 3 unspecified atom stereocenters. The van der Waals surface area contributed by atoms with E-state index < -0.39 is 35.1 Å². The Labute approximate surface area is 269 Å². The van der Waals surface area contributed by atoms with E-state index in [-0.39, 0.29) is 42.2 Å². The molecule has 3 saturated heterocycles. The molecule has 8 heteroatoms. The average molecular weight is 620 g/mol. The Bertz CT molecular complexity index is 1260. The fourth-order valence-electron chi connectivity index (χ4n) is 9.04. The van der Waals surface area contributed by atoms with Crippen LogP contribution in [-0.4, -0.2) is 86.6 Å². The molecule has 1 N–H and O–H groups in total. The lowest BCUT2D eigenvalue weighted by Gasteiger charge is -2.42. The monoisotopic (exact) mass is 619 g/mol. The highest BCUT2D eigenvalue weighted by molar-refractivity contribution is 5.99. The molecule has 1 saturated carbocycles. The quantitative estimate of drug-likeness (QED) is 0.315. The zero-order valence-corrected chi connectivity index (χ0v) is 27.7. The van der Waals surface area contributed by atoms with Gasteiger partial charge in [0.1, 0.15) is 11.6 Å². The average Bonchev–Trinajstić information content (AvgIpc) is 3.55. The highest BCUT2D eigenvalue weighted by Gasteiger charge is 2.80. The molecule has 3 aliphatic heterocycles. The van der Waals surface area contributed by atoms with Crippen molar-refractivity contribution in [2.75, 3.05) is 19.7 Å². The Morgan fingerprint density at radius 3 is 2.36 bits per heavy atom. The van der Waals surface area contributed by atoms with Gasteiger partial charge in [-0.15, -0.1) is 13.2 Å². The number of nitrogens with zero attached hydrogens (tertiary/aromatic N) is 3. The van der Waals surface area contributed by atoms with Crippen LogP contribution in [0.1, 0.15) is 78.2 Å². The Balaban J connectivity index is 1.60. The van der Waals surface area contributed by atoms with Gasteiger partial charge in [0, 0.05) is 25.7 Å². The molecule has 0 aromatic heterocycles. The van der Waals surface area contributed by atoms with Crippen molar-refractivity contribution in [2.45, 2.75) is 109 Å². The maximum atomic E-state index is 15.0. The maximum absolute atomic E-state index is 15.0. The van der Waals surface area contributed by atoms with E-state index in [0.29, 0.717) is 32.5 Å². The summed E-state index contributed by atoms with van der Waals surface area (Å²) >= 11 is 0. The first-order valence-corrected chi connectivity index (χ1v) is 17.0. The van der Waals surface area contributed by atoms with E-state index in [1.165, 1.54) is 0 Å². The number of likely N-dealkylation sites (tertiary alicyclic amines) is 1. The van der Waals surface area contributed by atoms with Crippen LogP contribution in [0.5, 0.6) is 0 Å². The summed E-state index contributed by atoms with van der Waals surface area (Å²) in [4.78, 5) is 49.9. The van der Waals surface area contributed by atoms with E-state index in [9.17, 15) is 14.7 Å². The first-order valence-electron chi connectivity index (χ1n) is 17.0. The second-order valence-electron chi connectivity index (χ2n) is 14.5. The van der Waals surface area contributed by atoms with Gasteiger partial charge in [-0.1, -0.05) is 82.5 Å². The molecule has 246 valence electrons. The van der Waals surface area contributed by atoms with E-state index in [1.807, 2.05) is 42.2 Å². The number of hydrogen-bond acceptors (Lipinski definition) is 5. The molecule has 1 aromatic carbocycles. The summed E-state index contributed by atoms with van der Waals surface area (Å²) in [6.07, 6.45) is 9.62. The van der Waals surface area contributed by atoms with Gasteiger partial charge < -0.3 is 24.5 Å². The second-order valence-corrected chi connectivity index (χ2v) is 14.5. The van der Waals surface area contributed by atoms with Crippen LogP contribution in [0.2, 0.25) is 0 Å². The molecule has 1 spiro atoms. The first-order chi connectivity index (χ1) is 21.5. The molecule has 3 heterocycles. The lowest BCUT2D eigenvalue weighted by molar-refractivity contribution is -0.159. The maximum Gasteiger partial charge on any atom is 0.248 e. The van der Waals surface area contributed by atoms with Crippen molar-refractivity contribution in [3.05, 3.63) is 61.2 Å². The zero-order chi connectivity index (χ0) is 32.5. The number of carbonyl (C=O) groups excluding carboxylic acids is 3. The Morgan fingerprint density at radius 2 is 1.76 bits per heavy atom. The third-order valence-corrected chi connectivity index (χ3v) is 11.1. The van der Waals surface area contributed by atoms with Crippen molar-refractivity contribution in [3.63, 3.8) is 0 Å². The fraction of sp³-hybridized carbons (Fsp3) is 0.649. The van der Waals surface area contributed by atoms with Gasteiger partial charge >= 0.3 is 0 Å². The van der Waals surface area contributed by atoms with Crippen LogP contribution in [0, 0.1) is 23.7 Å². The van der Waals surface area contributed by atoms with Crippen molar-refractivity contribution >= 4 is 17.7 Å². The number of aliphatic hydroxyl groups excluding tert-OH is 1. The summed E-state index contributed by atoms with van der Waals surface area (Å²) in [6, 6.07) is 8.40. The van der Waals surface area contributed by atoms with Crippen LogP contribution < -0.4 is 0 Å². The van der Waals surface area contributed by atoms with Crippen molar-refractivity contribution in [1.29, 1.82) is 0 Å². The molecule has 8 nitrogen and oxygen atoms in total.